The second kappa shape index (κ2) is 10.8. The van der Waals surface area contributed by atoms with Crippen LogP contribution in [0.25, 0.3) is 11.2 Å². The number of fused-ring (bicyclic) bond motifs is 1. The molecule has 2 aromatic rings. The van der Waals surface area contributed by atoms with Crippen LogP contribution in [0, 0.1) is 0 Å². The molecule has 0 unspecified atom stereocenters. The highest BCUT2D eigenvalue weighted by molar-refractivity contribution is 5.81. The molecule has 3 rings (SSSR count). The number of aliphatic carboxylic acids is 1. The van der Waals surface area contributed by atoms with Gasteiger partial charge in [-0.3, -0.25) is 14.4 Å². The van der Waals surface area contributed by atoms with Gasteiger partial charge in [0.2, 0.25) is 0 Å². The van der Waals surface area contributed by atoms with Gasteiger partial charge in [0.25, 0.3) is 0 Å². The number of hydrogen-bond donors (Lipinski definition) is 8. The van der Waals surface area contributed by atoms with Crippen LogP contribution >= 0.6 is 0 Å². The van der Waals surface area contributed by atoms with Crippen LogP contribution in [-0.4, -0.2) is 89.4 Å². The minimum absolute atomic E-state index is 0.0129. The van der Waals surface area contributed by atoms with E-state index in [1.165, 1.54) is 17.2 Å². The first-order valence-electron chi connectivity index (χ1n) is 9.26. The fourth-order valence-electron chi connectivity index (χ4n) is 2.81. The van der Waals surface area contributed by atoms with Gasteiger partial charge >= 0.3 is 5.97 Å². The number of carbonyl (C=O) groups is 1. The Bertz CT molecular complexity index is 903. The van der Waals surface area contributed by atoms with Gasteiger partial charge in [0.1, 0.15) is 36.2 Å². The minimum atomic E-state index is -1.19. The molecule has 1 fully saturated rings. The van der Waals surface area contributed by atoms with Gasteiger partial charge in [0.05, 0.1) is 12.9 Å². The second-order valence-electron chi connectivity index (χ2n) is 6.71. The molecular weight excluding hydrogens is 414 g/mol. The lowest BCUT2D eigenvalue weighted by atomic mass is 10.1. The number of ether oxygens (including phenoxy) is 1. The van der Waals surface area contributed by atoms with Gasteiger partial charge < -0.3 is 48.1 Å². The highest BCUT2D eigenvalue weighted by atomic mass is 16.6. The normalized spacial score (nSPS) is 23.7. The van der Waals surface area contributed by atoms with Crippen LogP contribution in [0.2, 0.25) is 0 Å². The summed E-state index contributed by atoms with van der Waals surface area (Å²) in [5, 5.41) is 37.1. The molecule has 3 heterocycles. The van der Waals surface area contributed by atoms with Gasteiger partial charge in [-0.1, -0.05) is 0 Å². The molecule has 15 heteroatoms. The highest BCUT2D eigenvalue weighted by Gasteiger charge is 2.43. The first-order valence-corrected chi connectivity index (χ1v) is 9.26. The lowest BCUT2D eigenvalue weighted by molar-refractivity contribution is -0.138. The third kappa shape index (κ3) is 5.96. The van der Waals surface area contributed by atoms with Gasteiger partial charge in [-0.15, -0.1) is 0 Å². The summed E-state index contributed by atoms with van der Waals surface area (Å²) in [5.74, 6) is -0.769. The molecule has 0 amide bonds. The summed E-state index contributed by atoms with van der Waals surface area (Å²) in [6, 6.07) is -0.820. The standard InChI is InChI=1S/C10H13N5O4.C6H14N4O2/c11-8-5-9(13-2-12-8)15(3-14-5)10-7(18)6(17)4(1-16)19-10;7-4(5(11)12)2-1-3-10-6(8)9/h2-4,6-7,10,16-18H,1H2,(H2,11,12,13);4H,1-3,7H2,(H,11,12)(H4,8,9,10)/t4-,6-,7-,10-;4-/m10/s1. The number of aliphatic hydroxyl groups excluding tert-OH is 3. The van der Waals surface area contributed by atoms with Gasteiger partial charge in [0.15, 0.2) is 23.7 Å². The van der Waals surface area contributed by atoms with Crippen LogP contribution in [-0.2, 0) is 9.53 Å². The number of guanidine groups is 1. The SMILES string of the molecule is NC(N)=NCCC[C@H](N)C(=O)O.Nc1ncnc2c1ncn2[C@@H]1O[C@H](CO)[C@@H](O)[C@H]1O. The van der Waals surface area contributed by atoms with E-state index >= 15 is 0 Å². The Morgan fingerprint density at radius 1 is 1.26 bits per heavy atom. The topological polar surface area (TPSA) is 267 Å². The van der Waals surface area contributed by atoms with E-state index in [0.717, 1.165) is 0 Å². The van der Waals surface area contributed by atoms with Gasteiger partial charge in [0, 0.05) is 6.54 Å². The molecule has 2 aromatic heterocycles. The van der Waals surface area contributed by atoms with E-state index < -0.39 is 43.2 Å². The van der Waals surface area contributed by atoms with E-state index in [1.54, 1.807) is 0 Å². The molecule has 15 nitrogen and oxygen atoms in total. The zero-order valence-electron chi connectivity index (χ0n) is 16.5. The van der Waals surface area contributed by atoms with Crippen molar-refractivity contribution in [3.8, 4) is 0 Å². The maximum Gasteiger partial charge on any atom is 0.320 e. The molecule has 0 spiro atoms. The summed E-state index contributed by atoms with van der Waals surface area (Å²) in [6.07, 6.45) is -0.467. The lowest BCUT2D eigenvalue weighted by Gasteiger charge is -2.16. The molecule has 0 aromatic carbocycles. The second-order valence-corrected chi connectivity index (χ2v) is 6.71. The number of aliphatic hydroxyl groups is 3. The van der Waals surface area contributed by atoms with Crippen LogP contribution in [0.1, 0.15) is 19.1 Å². The number of aromatic nitrogens is 4. The van der Waals surface area contributed by atoms with Crippen molar-refractivity contribution in [2.45, 2.75) is 43.4 Å². The van der Waals surface area contributed by atoms with Gasteiger partial charge in [-0.25, -0.2) is 15.0 Å². The zero-order valence-corrected chi connectivity index (χ0v) is 16.5. The summed E-state index contributed by atoms with van der Waals surface area (Å²) in [7, 11) is 0. The molecule has 1 saturated heterocycles. The molecule has 31 heavy (non-hydrogen) atoms. The van der Waals surface area contributed by atoms with Crippen LogP contribution in [0.15, 0.2) is 17.6 Å². The van der Waals surface area contributed by atoms with E-state index in [1.807, 2.05) is 0 Å². The van der Waals surface area contributed by atoms with Crippen molar-refractivity contribution >= 4 is 28.9 Å². The van der Waals surface area contributed by atoms with E-state index in [0.29, 0.717) is 30.6 Å². The number of rotatable bonds is 7. The number of nitrogen functional groups attached to an aromatic ring is 1. The molecule has 0 radical (unpaired) electrons. The molecule has 0 aliphatic carbocycles. The Labute approximate surface area is 176 Å². The summed E-state index contributed by atoms with van der Waals surface area (Å²) < 4.78 is 6.85. The summed E-state index contributed by atoms with van der Waals surface area (Å²) in [4.78, 5) is 25.8. The number of imidazole rings is 1. The molecule has 0 saturated carbocycles. The first kappa shape index (κ1) is 24.2. The highest BCUT2D eigenvalue weighted by Crippen LogP contribution is 2.31. The van der Waals surface area contributed by atoms with Gasteiger partial charge in [-0.2, -0.15) is 0 Å². The number of carboxylic acids is 1. The number of nitrogens with zero attached hydrogens (tertiary/aromatic N) is 5. The summed E-state index contributed by atoms with van der Waals surface area (Å²) in [5.41, 5.74) is 21.8. The van der Waals surface area contributed by atoms with Crippen molar-refractivity contribution in [1.82, 2.24) is 19.5 Å². The van der Waals surface area contributed by atoms with Crippen LogP contribution in [0.5, 0.6) is 0 Å². The number of carboxylic acid groups (broad SMARTS) is 1. The predicted molar refractivity (Wildman–Crippen MR) is 108 cm³/mol. The Kier molecular flexibility index (Phi) is 8.40. The van der Waals surface area contributed by atoms with Crippen LogP contribution < -0.4 is 22.9 Å². The van der Waals surface area contributed by atoms with Crippen LogP contribution in [0.4, 0.5) is 5.82 Å². The molecular formula is C16H27N9O6. The summed E-state index contributed by atoms with van der Waals surface area (Å²) >= 11 is 0. The van der Waals surface area contributed by atoms with E-state index in [-0.39, 0.29) is 11.8 Å². The smallest absolute Gasteiger partial charge is 0.320 e. The van der Waals surface area contributed by atoms with Crippen molar-refractivity contribution in [2.75, 3.05) is 18.9 Å². The molecule has 172 valence electrons. The summed E-state index contributed by atoms with van der Waals surface area (Å²) in [6.45, 7) is 0.0296. The maximum atomic E-state index is 10.2. The monoisotopic (exact) mass is 441 g/mol. The van der Waals surface area contributed by atoms with E-state index in [2.05, 4.69) is 19.9 Å². The average Bonchev–Trinajstić information content (AvgIpc) is 3.27. The molecule has 1 aliphatic heterocycles. The van der Waals surface area contributed by atoms with E-state index in [4.69, 9.17) is 37.9 Å². The molecule has 0 bridgehead atoms. The van der Waals surface area contributed by atoms with Crippen molar-refractivity contribution in [1.29, 1.82) is 0 Å². The number of aliphatic imine (C=N–C) groups is 1. The third-order valence-corrected chi connectivity index (χ3v) is 4.46. The number of anilines is 1. The quantitative estimate of drug-likeness (QED) is 0.118. The average molecular weight is 441 g/mol. The van der Waals surface area contributed by atoms with E-state index in [9.17, 15) is 15.0 Å². The first-order chi connectivity index (χ1) is 14.7. The Hall–Kier alpha value is -3.11. The fourth-order valence-corrected chi connectivity index (χ4v) is 2.81. The number of hydrogen-bond acceptors (Lipinski definition) is 11. The maximum absolute atomic E-state index is 10.2. The molecule has 12 N–H and O–H groups in total. The van der Waals surface area contributed by atoms with Crippen molar-refractivity contribution in [2.24, 2.45) is 22.2 Å². The van der Waals surface area contributed by atoms with Crippen molar-refractivity contribution in [3.63, 3.8) is 0 Å². The van der Waals surface area contributed by atoms with Crippen molar-refractivity contribution in [3.05, 3.63) is 12.7 Å². The Morgan fingerprint density at radius 2 is 1.97 bits per heavy atom. The van der Waals surface area contributed by atoms with Gasteiger partial charge in [-0.05, 0) is 12.8 Å². The minimum Gasteiger partial charge on any atom is -0.480 e. The zero-order chi connectivity index (χ0) is 23.1. The third-order valence-electron chi connectivity index (χ3n) is 4.46. The molecule has 1 aliphatic rings. The molecule has 5 atom stereocenters. The van der Waals surface area contributed by atoms with Crippen molar-refractivity contribution < 1.29 is 30.0 Å². The lowest BCUT2D eigenvalue weighted by Crippen LogP contribution is -2.33. The Morgan fingerprint density at radius 3 is 2.55 bits per heavy atom. The van der Waals surface area contributed by atoms with Crippen LogP contribution in [0.3, 0.4) is 0 Å². The largest absolute Gasteiger partial charge is 0.480 e. The predicted octanol–water partition coefficient (Wildman–Crippen LogP) is -3.53. The number of nitrogens with two attached hydrogens (primary N) is 4. The fraction of sp³-hybridized carbons (Fsp3) is 0.562. The Balaban J connectivity index is 0.000000248.